The maximum atomic E-state index is 12.9. The molecular formula is C25H21N3O4. The molecule has 2 heterocycles. The van der Waals surface area contributed by atoms with Crippen LogP contribution in [0.1, 0.15) is 26.4 Å². The number of nitrogens with zero attached hydrogens (tertiary/aromatic N) is 2. The smallest absolute Gasteiger partial charge is 0.339 e. The summed E-state index contributed by atoms with van der Waals surface area (Å²) in [5.74, 6) is -1.93. The zero-order chi connectivity index (χ0) is 22.7. The molecule has 7 nitrogen and oxygen atoms in total. The first kappa shape index (κ1) is 21.0. The highest BCUT2D eigenvalue weighted by Crippen LogP contribution is 2.26. The van der Waals surface area contributed by atoms with Crippen molar-refractivity contribution >= 4 is 28.7 Å². The lowest BCUT2D eigenvalue weighted by Gasteiger charge is -2.11. The van der Waals surface area contributed by atoms with Crippen LogP contribution in [-0.4, -0.2) is 33.9 Å². The molecule has 0 unspecified atom stereocenters. The third-order valence-corrected chi connectivity index (χ3v) is 5.02. The summed E-state index contributed by atoms with van der Waals surface area (Å²) in [6.07, 6.45) is 1.69. The molecule has 0 saturated heterocycles. The molecule has 1 N–H and O–H groups in total. The van der Waals surface area contributed by atoms with E-state index in [4.69, 9.17) is 4.74 Å². The van der Waals surface area contributed by atoms with Gasteiger partial charge < -0.3 is 9.30 Å². The van der Waals surface area contributed by atoms with E-state index in [1.165, 1.54) is 0 Å². The molecule has 7 heteroatoms. The van der Waals surface area contributed by atoms with Gasteiger partial charge in [0.2, 0.25) is 0 Å². The Morgan fingerprint density at radius 2 is 1.78 bits per heavy atom. The Hall–Kier alpha value is -4.26. The molecule has 0 saturated carbocycles. The predicted molar refractivity (Wildman–Crippen MR) is 120 cm³/mol. The van der Waals surface area contributed by atoms with Crippen molar-refractivity contribution in [2.24, 2.45) is 7.05 Å². The minimum absolute atomic E-state index is 0.305. The number of pyridine rings is 1. The van der Waals surface area contributed by atoms with Crippen molar-refractivity contribution in [2.75, 3.05) is 6.61 Å². The highest BCUT2D eigenvalue weighted by Gasteiger charge is 2.18. The van der Waals surface area contributed by atoms with E-state index in [0.717, 1.165) is 11.1 Å². The largest absolute Gasteiger partial charge is 0.452 e. The van der Waals surface area contributed by atoms with Crippen molar-refractivity contribution in [3.63, 3.8) is 0 Å². The fourth-order valence-corrected chi connectivity index (χ4v) is 3.40. The van der Waals surface area contributed by atoms with Gasteiger partial charge in [0.25, 0.3) is 11.8 Å². The van der Waals surface area contributed by atoms with E-state index in [2.05, 4.69) is 10.3 Å². The van der Waals surface area contributed by atoms with E-state index in [0.29, 0.717) is 27.9 Å². The van der Waals surface area contributed by atoms with Gasteiger partial charge in [-0.2, -0.15) is 0 Å². The third kappa shape index (κ3) is 4.41. The number of carbonyl (C=O) groups excluding carboxylic acids is 3. The third-order valence-electron chi connectivity index (χ3n) is 5.02. The topological polar surface area (TPSA) is 90.3 Å². The number of hydrogen-bond acceptors (Lipinski definition) is 5. The molecular weight excluding hydrogens is 406 g/mol. The number of aryl methyl sites for hydroxylation is 2. The molecule has 4 rings (SSSR count). The van der Waals surface area contributed by atoms with Gasteiger partial charge in [-0.25, -0.2) is 9.78 Å². The summed E-state index contributed by atoms with van der Waals surface area (Å²) < 4.78 is 6.83. The molecule has 0 aliphatic rings. The van der Waals surface area contributed by atoms with Crippen molar-refractivity contribution in [1.29, 1.82) is 0 Å². The first-order valence-electron chi connectivity index (χ1n) is 10.0. The molecule has 32 heavy (non-hydrogen) atoms. The van der Waals surface area contributed by atoms with E-state index in [1.807, 2.05) is 55.5 Å². The normalized spacial score (nSPS) is 10.7. The van der Waals surface area contributed by atoms with Crippen molar-refractivity contribution in [2.45, 2.75) is 6.92 Å². The number of hydrogen-bond donors (Lipinski definition) is 1. The Morgan fingerprint density at radius 1 is 1.00 bits per heavy atom. The van der Waals surface area contributed by atoms with E-state index >= 15 is 0 Å². The molecule has 160 valence electrons. The molecule has 0 bridgehead atoms. The molecule has 2 aromatic carbocycles. The molecule has 0 radical (unpaired) electrons. The zero-order valence-electron chi connectivity index (χ0n) is 17.7. The molecule has 0 aliphatic heterocycles. The number of imide groups is 1. The fraction of sp³-hybridized carbons (Fsp3) is 0.120. The molecule has 0 aliphatic carbocycles. The molecule has 0 atom stereocenters. The number of esters is 1. The van der Waals surface area contributed by atoms with Crippen LogP contribution >= 0.6 is 0 Å². The zero-order valence-corrected chi connectivity index (χ0v) is 17.7. The lowest BCUT2D eigenvalue weighted by Crippen LogP contribution is -2.35. The van der Waals surface area contributed by atoms with Crippen LogP contribution in [0.15, 0.2) is 72.9 Å². The monoisotopic (exact) mass is 427 g/mol. The van der Waals surface area contributed by atoms with Gasteiger partial charge in [-0.15, -0.1) is 0 Å². The Morgan fingerprint density at radius 3 is 2.50 bits per heavy atom. The minimum atomic E-state index is -0.706. The van der Waals surface area contributed by atoms with Gasteiger partial charge in [0.1, 0.15) is 5.69 Å². The van der Waals surface area contributed by atoms with Crippen molar-refractivity contribution in [1.82, 2.24) is 14.9 Å². The second-order valence-corrected chi connectivity index (χ2v) is 7.40. The summed E-state index contributed by atoms with van der Waals surface area (Å²) >= 11 is 0. The molecule has 2 amide bonds. The van der Waals surface area contributed by atoms with E-state index in [9.17, 15) is 14.4 Å². The lowest BCUT2D eigenvalue weighted by atomic mass is 10.0. The van der Waals surface area contributed by atoms with Gasteiger partial charge in [0.15, 0.2) is 6.61 Å². The molecule has 0 spiro atoms. The first-order chi connectivity index (χ1) is 15.4. The Balaban J connectivity index is 1.56. The maximum Gasteiger partial charge on any atom is 0.339 e. The number of nitrogens with one attached hydrogen (secondary N) is 1. The Kier molecular flexibility index (Phi) is 5.81. The summed E-state index contributed by atoms with van der Waals surface area (Å²) in [4.78, 5) is 41.9. The van der Waals surface area contributed by atoms with E-state index < -0.39 is 24.4 Å². The summed E-state index contributed by atoms with van der Waals surface area (Å²) in [5, 5.41) is 2.86. The van der Waals surface area contributed by atoms with Crippen LogP contribution in [0.2, 0.25) is 0 Å². The highest BCUT2D eigenvalue weighted by molar-refractivity contribution is 6.07. The summed E-state index contributed by atoms with van der Waals surface area (Å²) in [5.41, 5.74) is 3.72. The summed E-state index contributed by atoms with van der Waals surface area (Å²) in [6.45, 7) is 1.34. The standard InChI is InChI=1S/C25H21N3O4/c1-16-10-11-20-18(13-16)19(14-21(26-20)17-7-4-3-5-8-17)25(31)32-15-23(29)27-24(30)22-9-6-12-28(22)2/h3-14H,15H2,1-2H3,(H,27,29,30). The van der Waals surface area contributed by atoms with Crippen LogP contribution in [0.3, 0.4) is 0 Å². The van der Waals surface area contributed by atoms with Crippen LogP contribution in [0.5, 0.6) is 0 Å². The first-order valence-corrected chi connectivity index (χ1v) is 10.0. The van der Waals surface area contributed by atoms with Crippen LogP contribution < -0.4 is 5.32 Å². The Labute approximate surface area is 184 Å². The van der Waals surface area contributed by atoms with Gasteiger partial charge in [-0.3, -0.25) is 14.9 Å². The average molecular weight is 427 g/mol. The van der Waals surface area contributed by atoms with Crippen LogP contribution in [-0.2, 0) is 16.6 Å². The molecule has 0 fully saturated rings. The molecule has 2 aromatic heterocycles. The maximum absolute atomic E-state index is 12.9. The van der Waals surface area contributed by atoms with Gasteiger partial charge in [0.05, 0.1) is 16.8 Å². The van der Waals surface area contributed by atoms with E-state index in [-0.39, 0.29) is 0 Å². The highest BCUT2D eigenvalue weighted by atomic mass is 16.5. The number of amides is 2. The van der Waals surface area contributed by atoms with Gasteiger partial charge in [0, 0.05) is 24.2 Å². The second-order valence-electron chi connectivity index (χ2n) is 7.40. The van der Waals surface area contributed by atoms with Gasteiger partial charge >= 0.3 is 5.97 Å². The van der Waals surface area contributed by atoms with Gasteiger partial charge in [-0.05, 0) is 37.3 Å². The number of ether oxygens (including phenoxy) is 1. The summed E-state index contributed by atoms with van der Waals surface area (Å²) in [6, 6.07) is 20.1. The second kappa shape index (κ2) is 8.85. The summed E-state index contributed by atoms with van der Waals surface area (Å²) in [7, 11) is 1.69. The Bertz CT molecular complexity index is 1330. The fourth-order valence-electron chi connectivity index (χ4n) is 3.40. The lowest BCUT2D eigenvalue weighted by molar-refractivity contribution is -0.123. The quantitative estimate of drug-likeness (QED) is 0.491. The van der Waals surface area contributed by atoms with Crippen LogP contribution in [0.4, 0.5) is 0 Å². The number of carbonyl (C=O) groups is 3. The number of benzene rings is 2. The number of rotatable bonds is 5. The van der Waals surface area contributed by atoms with Crippen molar-refractivity contribution in [3.8, 4) is 11.3 Å². The van der Waals surface area contributed by atoms with Crippen molar-refractivity contribution < 1.29 is 19.1 Å². The predicted octanol–water partition coefficient (Wildman–Crippen LogP) is 3.66. The SMILES string of the molecule is Cc1ccc2nc(-c3ccccc3)cc(C(=O)OCC(=O)NC(=O)c3cccn3C)c2c1. The van der Waals surface area contributed by atoms with Gasteiger partial charge in [-0.1, -0.05) is 42.0 Å². The average Bonchev–Trinajstić information content (AvgIpc) is 3.23. The minimum Gasteiger partial charge on any atom is -0.452 e. The van der Waals surface area contributed by atoms with E-state index in [1.54, 1.807) is 36.0 Å². The van der Waals surface area contributed by atoms with Crippen LogP contribution in [0.25, 0.3) is 22.2 Å². The number of aromatic nitrogens is 2. The van der Waals surface area contributed by atoms with Crippen molar-refractivity contribution in [3.05, 3.63) is 89.7 Å². The van der Waals surface area contributed by atoms with Crippen LogP contribution in [0, 0.1) is 6.92 Å². The number of fused-ring (bicyclic) bond motifs is 1. The molecule has 4 aromatic rings.